The minimum absolute atomic E-state index is 0.182. The van der Waals surface area contributed by atoms with Crippen LogP contribution in [-0.4, -0.2) is 18.7 Å². The normalized spacial score (nSPS) is 11.2. The summed E-state index contributed by atoms with van der Waals surface area (Å²) in [6, 6.07) is 12.3. The molecule has 0 saturated carbocycles. The SMILES string of the molecule is CCOc1c(Cl)cc(/C=N\NC(=O)c2cc3ccccc3o2)cc1Cl. The van der Waals surface area contributed by atoms with Crippen molar-refractivity contribution in [1.29, 1.82) is 0 Å². The summed E-state index contributed by atoms with van der Waals surface area (Å²) in [4.78, 5) is 12.1. The highest BCUT2D eigenvalue weighted by molar-refractivity contribution is 6.37. The molecule has 1 heterocycles. The van der Waals surface area contributed by atoms with Crippen molar-refractivity contribution in [1.82, 2.24) is 5.43 Å². The van der Waals surface area contributed by atoms with E-state index in [1.807, 2.05) is 25.1 Å². The van der Waals surface area contributed by atoms with Gasteiger partial charge in [0.1, 0.15) is 5.58 Å². The molecule has 7 heteroatoms. The molecule has 0 radical (unpaired) electrons. The molecule has 1 aromatic heterocycles. The van der Waals surface area contributed by atoms with Crippen LogP contribution in [0.1, 0.15) is 23.0 Å². The highest BCUT2D eigenvalue weighted by Gasteiger charge is 2.11. The van der Waals surface area contributed by atoms with Gasteiger partial charge in [0.2, 0.25) is 0 Å². The van der Waals surface area contributed by atoms with Gasteiger partial charge in [0.25, 0.3) is 0 Å². The van der Waals surface area contributed by atoms with Crippen LogP contribution in [0.2, 0.25) is 10.0 Å². The van der Waals surface area contributed by atoms with Gasteiger partial charge in [-0.15, -0.1) is 0 Å². The topological polar surface area (TPSA) is 63.8 Å². The van der Waals surface area contributed by atoms with Crippen LogP contribution in [0.15, 0.2) is 52.0 Å². The summed E-state index contributed by atoms with van der Waals surface area (Å²) in [6.45, 7) is 2.30. The minimum atomic E-state index is -0.449. The fourth-order valence-electron chi connectivity index (χ4n) is 2.25. The van der Waals surface area contributed by atoms with Crippen LogP contribution in [-0.2, 0) is 0 Å². The van der Waals surface area contributed by atoms with Gasteiger partial charge in [-0.25, -0.2) is 5.43 Å². The van der Waals surface area contributed by atoms with Gasteiger partial charge >= 0.3 is 5.91 Å². The number of fused-ring (bicyclic) bond motifs is 1. The third-order valence-corrected chi connectivity index (χ3v) is 3.90. The van der Waals surface area contributed by atoms with E-state index < -0.39 is 5.91 Å². The van der Waals surface area contributed by atoms with Crippen LogP contribution < -0.4 is 10.2 Å². The van der Waals surface area contributed by atoms with Crippen LogP contribution in [0.4, 0.5) is 0 Å². The third-order valence-electron chi connectivity index (χ3n) is 3.34. The Morgan fingerprint density at radius 3 is 2.64 bits per heavy atom. The fourth-order valence-corrected chi connectivity index (χ4v) is 2.86. The number of furan rings is 1. The van der Waals surface area contributed by atoms with Crippen molar-refractivity contribution in [2.24, 2.45) is 5.10 Å². The first-order valence-corrected chi connectivity index (χ1v) is 8.28. The number of rotatable bonds is 5. The van der Waals surface area contributed by atoms with Crippen LogP contribution in [0, 0.1) is 0 Å². The number of para-hydroxylation sites is 1. The highest BCUT2D eigenvalue weighted by atomic mass is 35.5. The molecule has 2 aromatic carbocycles. The monoisotopic (exact) mass is 376 g/mol. The lowest BCUT2D eigenvalue weighted by Crippen LogP contribution is -2.16. The Hall–Kier alpha value is -2.50. The van der Waals surface area contributed by atoms with Gasteiger partial charge in [0.15, 0.2) is 11.5 Å². The Morgan fingerprint density at radius 2 is 1.96 bits per heavy atom. The molecule has 0 aliphatic heterocycles. The van der Waals surface area contributed by atoms with Crippen LogP contribution in [0.5, 0.6) is 5.75 Å². The van der Waals surface area contributed by atoms with Crippen molar-refractivity contribution in [3.05, 3.63) is 63.8 Å². The lowest BCUT2D eigenvalue weighted by molar-refractivity contribution is 0.0929. The Labute approximate surface area is 154 Å². The number of halogens is 2. The molecule has 0 bridgehead atoms. The quantitative estimate of drug-likeness (QED) is 0.508. The minimum Gasteiger partial charge on any atom is -0.491 e. The number of nitrogens with zero attached hydrogens (tertiary/aromatic N) is 1. The van der Waals surface area contributed by atoms with Crippen LogP contribution in [0.3, 0.4) is 0 Å². The molecule has 0 spiro atoms. The first-order chi connectivity index (χ1) is 12.1. The predicted octanol–water partition coefficient (Wildman–Crippen LogP) is 4.90. The van der Waals surface area contributed by atoms with Gasteiger partial charge in [0, 0.05) is 5.39 Å². The zero-order valence-electron chi connectivity index (χ0n) is 13.3. The second-order valence-electron chi connectivity index (χ2n) is 5.09. The highest BCUT2D eigenvalue weighted by Crippen LogP contribution is 2.33. The summed E-state index contributed by atoms with van der Waals surface area (Å²) >= 11 is 12.2. The molecule has 0 fully saturated rings. The van der Waals surface area contributed by atoms with Gasteiger partial charge in [0.05, 0.1) is 22.9 Å². The van der Waals surface area contributed by atoms with E-state index in [1.54, 1.807) is 24.3 Å². The number of amides is 1. The van der Waals surface area contributed by atoms with Gasteiger partial charge < -0.3 is 9.15 Å². The van der Waals surface area contributed by atoms with Gasteiger partial charge in [-0.1, -0.05) is 41.4 Å². The number of carbonyl (C=O) groups excluding carboxylic acids is 1. The zero-order valence-corrected chi connectivity index (χ0v) is 14.8. The zero-order chi connectivity index (χ0) is 17.8. The molecule has 3 rings (SSSR count). The predicted molar refractivity (Wildman–Crippen MR) is 98.9 cm³/mol. The molecular weight excluding hydrogens is 363 g/mol. The average molecular weight is 377 g/mol. The molecule has 25 heavy (non-hydrogen) atoms. The third kappa shape index (κ3) is 3.95. The maximum Gasteiger partial charge on any atom is 0.307 e. The molecule has 0 saturated heterocycles. The molecule has 0 atom stereocenters. The van der Waals surface area contributed by atoms with Gasteiger partial charge in [-0.05, 0) is 36.8 Å². The molecular formula is C18H14Cl2N2O3. The molecule has 0 aliphatic carbocycles. The molecule has 128 valence electrons. The van der Waals surface area contributed by atoms with Crippen molar-refractivity contribution in [2.45, 2.75) is 6.92 Å². The van der Waals surface area contributed by atoms with E-state index in [9.17, 15) is 4.79 Å². The number of carbonyl (C=O) groups is 1. The molecule has 3 aromatic rings. The first-order valence-electron chi connectivity index (χ1n) is 7.52. The molecule has 0 aliphatic rings. The second-order valence-corrected chi connectivity index (χ2v) is 5.91. The van der Waals surface area contributed by atoms with E-state index in [0.717, 1.165) is 5.39 Å². The van der Waals surface area contributed by atoms with Crippen molar-refractivity contribution in [3.63, 3.8) is 0 Å². The van der Waals surface area contributed by atoms with E-state index in [2.05, 4.69) is 10.5 Å². The Bertz CT molecular complexity index is 894. The number of hydrazone groups is 1. The number of ether oxygens (including phenoxy) is 1. The van der Waals surface area contributed by atoms with E-state index in [1.165, 1.54) is 6.21 Å². The number of hydrogen-bond acceptors (Lipinski definition) is 4. The van der Waals surface area contributed by atoms with Crippen LogP contribution in [0.25, 0.3) is 11.0 Å². The molecule has 1 N–H and O–H groups in total. The van der Waals surface area contributed by atoms with E-state index in [4.69, 9.17) is 32.4 Å². The average Bonchev–Trinajstić information content (AvgIpc) is 3.02. The Morgan fingerprint density at radius 1 is 1.24 bits per heavy atom. The number of nitrogens with one attached hydrogen (secondary N) is 1. The van der Waals surface area contributed by atoms with E-state index in [0.29, 0.717) is 33.5 Å². The summed E-state index contributed by atoms with van der Waals surface area (Å²) < 4.78 is 10.8. The van der Waals surface area contributed by atoms with Crippen molar-refractivity contribution in [3.8, 4) is 5.75 Å². The standard InChI is InChI=1S/C18H14Cl2N2O3/c1-2-24-17-13(19)7-11(8-14(17)20)10-21-22-18(23)16-9-12-5-3-4-6-15(12)25-16/h3-10H,2H2,1H3,(H,22,23)/b21-10-. The first kappa shape index (κ1) is 17.3. The second kappa shape index (κ2) is 7.59. The smallest absolute Gasteiger partial charge is 0.307 e. The van der Waals surface area contributed by atoms with Crippen LogP contribution >= 0.6 is 23.2 Å². The van der Waals surface area contributed by atoms with E-state index in [-0.39, 0.29) is 5.76 Å². The maximum absolute atomic E-state index is 12.1. The van der Waals surface area contributed by atoms with E-state index >= 15 is 0 Å². The van der Waals surface area contributed by atoms with Crippen molar-refractivity contribution < 1.29 is 13.9 Å². The summed E-state index contributed by atoms with van der Waals surface area (Å²) in [6.07, 6.45) is 1.44. The lowest BCUT2D eigenvalue weighted by atomic mass is 10.2. The Kier molecular flexibility index (Phi) is 5.26. The summed E-state index contributed by atoms with van der Waals surface area (Å²) in [7, 11) is 0. The largest absolute Gasteiger partial charge is 0.491 e. The Balaban J connectivity index is 1.71. The molecule has 5 nitrogen and oxygen atoms in total. The number of benzene rings is 2. The summed E-state index contributed by atoms with van der Waals surface area (Å²) in [5.41, 5.74) is 3.68. The summed E-state index contributed by atoms with van der Waals surface area (Å²) in [5.74, 6) is 0.158. The van der Waals surface area contributed by atoms with Crippen molar-refractivity contribution >= 4 is 46.3 Å². The maximum atomic E-state index is 12.1. The molecule has 1 amide bonds. The van der Waals surface area contributed by atoms with Gasteiger partial charge in [-0.2, -0.15) is 5.10 Å². The summed E-state index contributed by atoms with van der Waals surface area (Å²) in [5, 5.41) is 5.50. The van der Waals surface area contributed by atoms with Gasteiger partial charge in [-0.3, -0.25) is 4.79 Å². The molecule has 0 unspecified atom stereocenters. The van der Waals surface area contributed by atoms with Crippen molar-refractivity contribution in [2.75, 3.05) is 6.61 Å². The number of hydrogen-bond donors (Lipinski definition) is 1. The lowest BCUT2D eigenvalue weighted by Gasteiger charge is -2.08. The fraction of sp³-hybridized carbons (Fsp3) is 0.111.